The van der Waals surface area contributed by atoms with E-state index in [1.54, 1.807) is 18.6 Å². The van der Waals surface area contributed by atoms with Gasteiger partial charge in [-0.15, -0.1) is 0 Å². The average molecular weight is 251 g/mol. The molecule has 4 atom stereocenters. The summed E-state index contributed by atoms with van der Waals surface area (Å²) in [6.45, 7) is 0. The fraction of sp³-hybridized carbons (Fsp3) is 0.375. The number of nitrogens with two attached hydrogens (primary N) is 1. The van der Waals surface area contributed by atoms with Crippen LogP contribution in [0.15, 0.2) is 42.9 Å². The van der Waals surface area contributed by atoms with E-state index >= 15 is 0 Å². The zero-order valence-electron chi connectivity index (χ0n) is 10.7. The predicted octanol–water partition coefficient (Wildman–Crippen LogP) is 2.45. The number of nitrogens with zero attached hydrogens (tertiary/aromatic N) is 2. The molecule has 96 valence electrons. The second-order valence-corrected chi connectivity index (χ2v) is 5.66. The highest BCUT2D eigenvalue weighted by Crippen LogP contribution is 2.63. The van der Waals surface area contributed by atoms with Gasteiger partial charge in [0.25, 0.3) is 0 Å². The van der Waals surface area contributed by atoms with E-state index in [1.807, 2.05) is 0 Å². The molecular formula is C16H17N3. The molecule has 1 saturated carbocycles. The molecule has 0 spiro atoms. The second kappa shape index (κ2) is 4.14. The molecule has 1 aromatic heterocycles. The molecule has 4 rings (SSSR count). The SMILES string of the molecule is NC(c1cnccn1)C1C2CCc3ccccc3C21. The number of hydrogen-bond donors (Lipinski definition) is 1. The Balaban J connectivity index is 1.64. The molecule has 3 heteroatoms. The molecule has 1 heterocycles. The van der Waals surface area contributed by atoms with Gasteiger partial charge in [-0.25, -0.2) is 0 Å². The summed E-state index contributed by atoms with van der Waals surface area (Å²) in [4.78, 5) is 8.50. The Hall–Kier alpha value is -1.74. The van der Waals surface area contributed by atoms with Crippen molar-refractivity contribution in [3.63, 3.8) is 0 Å². The Labute approximate surface area is 112 Å². The number of rotatable bonds is 2. The van der Waals surface area contributed by atoms with Gasteiger partial charge in [0, 0.05) is 18.6 Å². The lowest BCUT2D eigenvalue weighted by Gasteiger charge is -2.13. The summed E-state index contributed by atoms with van der Waals surface area (Å²) in [6, 6.07) is 8.84. The van der Waals surface area contributed by atoms with Crippen molar-refractivity contribution in [2.75, 3.05) is 0 Å². The largest absolute Gasteiger partial charge is 0.322 e. The quantitative estimate of drug-likeness (QED) is 0.892. The van der Waals surface area contributed by atoms with Crippen LogP contribution in [-0.2, 0) is 6.42 Å². The zero-order chi connectivity index (χ0) is 12.8. The standard InChI is InChI=1S/C16H17N3/c17-16(13-9-18-7-8-19-13)15-12-6-5-10-3-1-2-4-11(10)14(12)15/h1-4,7-9,12,14-16H,5-6,17H2. The van der Waals surface area contributed by atoms with Crippen LogP contribution in [0.3, 0.4) is 0 Å². The Kier molecular flexibility index (Phi) is 2.42. The van der Waals surface area contributed by atoms with Crippen LogP contribution in [0, 0.1) is 11.8 Å². The molecule has 1 fully saturated rings. The van der Waals surface area contributed by atoms with E-state index in [-0.39, 0.29) is 6.04 Å². The highest BCUT2D eigenvalue weighted by Gasteiger charge is 2.56. The lowest BCUT2D eigenvalue weighted by molar-refractivity contribution is 0.543. The van der Waals surface area contributed by atoms with Gasteiger partial charge in [-0.05, 0) is 41.7 Å². The third-order valence-corrected chi connectivity index (χ3v) is 4.73. The number of aryl methyl sites for hydroxylation is 1. The van der Waals surface area contributed by atoms with Gasteiger partial charge in [-0.1, -0.05) is 24.3 Å². The number of aromatic nitrogens is 2. The zero-order valence-corrected chi connectivity index (χ0v) is 10.7. The van der Waals surface area contributed by atoms with Crippen LogP contribution in [0.1, 0.15) is 35.2 Å². The van der Waals surface area contributed by atoms with Gasteiger partial charge in [-0.2, -0.15) is 0 Å². The Morgan fingerprint density at radius 1 is 1.21 bits per heavy atom. The van der Waals surface area contributed by atoms with Gasteiger partial charge < -0.3 is 5.73 Å². The van der Waals surface area contributed by atoms with Crippen LogP contribution in [0.5, 0.6) is 0 Å². The van der Waals surface area contributed by atoms with E-state index in [0.29, 0.717) is 11.8 Å². The first-order chi connectivity index (χ1) is 9.36. The molecule has 2 aliphatic rings. The minimum atomic E-state index is 0.0230. The lowest BCUT2D eigenvalue weighted by Crippen LogP contribution is -2.16. The summed E-state index contributed by atoms with van der Waals surface area (Å²) in [5, 5.41) is 0. The fourth-order valence-electron chi connectivity index (χ4n) is 3.79. The number of benzene rings is 1. The molecule has 4 unspecified atom stereocenters. The molecule has 0 saturated heterocycles. The van der Waals surface area contributed by atoms with E-state index in [9.17, 15) is 0 Å². The molecular weight excluding hydrogens is 234 g/mol. The van der Waals surface area contributed by atoms with Crippen molar-refractivity contribution in [1.82, 2.24) is 9.97 Å². The van der Waals surface area contributed by atoms with Crippen LogP contribution in [0.2, 0.25) is 0 Å². The van der Waals surface area contributed by atoms with Gasteiger partial charge in [0.15, 0.2) is 0 Å². The highest BCUT2D eigenvalue weighted by atomic mass is 14.9. The Morgan fingerprint density at radius 3 is 2.95 bits per heavy atom. The minimum Gasteiger partial charge on any atom is -0.322 e. The third kappa shape index (κ3) is 1.69. The molecule has 1 aromatic carbocycles. The number of fused-ring (bicyclic) bond motifs is 3. The van der Waals surface area contributed by atoms with Crippen LogP contribution >= 0.6 is 0 Å². The Morgan fingerprint density at radius 2 is 2.11 bits per heavy atom. The summed E-state index contributed by atoms with van der Waals surface area (Å²) in [5.74, 6) is 1.93. The molecule has 0 radical (unpaired) electrons. The second-order valence-electron chi connectivity index (χ2n) is 5.66. The normalized spacial score (nSPS) is 29.2. The third-order valence-electron chi connectivity index (χ3n) is 4.73. The first-order valence-corrected chi connectivity index (χ1v) is 6.95. The van der Waals surface area contributed by atoms with Crippen molar-refractivity contribution < 1.29 is 0 Å². The summed E-state index contributed by atoms with van der Waals surface area (Å²) in [7, 11) is 0. The monoisotopic (exact) mass is 251 g/mol. The predicted molar refractivity (Wildman–Crippen MR) is 73.4 cm³/mol. The van der Waals surface area contributed by atoms with Gasteiger partial charge in [0.1, 0.15) is 0 Å². The maximum absolute atomic E-state index is 6.41. The Bertz CT molecular complexity index is 596. The maximum atomic E-state index is 6.41. The molecule has 0 aliphatic heterocycles. The van der Waals surface area contributed by atoms with E-state index in [2.05, 4.69) is 34.2 Å². The first kappa shape index (κ1) is 11.1. The molecule has 2 aromatic rings. The van der Waals surface area contributed by atoms with Crippen molar-refractivity contribution >= 4 is 0 Å². The molecule has 0 bridgehead atoms. The van der Waals surface area contributed by atoms with Crippen LogP contribution in [0.4, 0.5) is 0 Å². The molecule has 19 heavy (non-hydrogen) atoms. The van der Waals surface area contributed by atoms with Crippen LogP contribution in [-0.4, -0.2) is 9.97 Å². The average Bonchev–Trinajstić information content (AvgIpc) is 3.22. The molecule has 2 N–H and O–H groups in total. The molecule has 0 amide bonds. The van der Waals surface area contributed by atoms with Gasteiger partial charge in [0.2, 0.25) is 0 Å². The summed E-state index contributed by atoms with van der Waals surface area (Å²) in [5.41, 5.74) is 10.4. The number of hydrogen-bond acceptors (Lipinski definition) is 3. The summed E-state index contributed by atoms with van der Waals surface area (Å²) in [6.07, 6.45) is 7.70. The van der Waals surface area contributed by atoms with E-state index in [4.69, 9.17) is 5.73 Å². The summed E-state index contributed by atoms with van der Waals surface area (Å²) >= 11 is 0. The van der Waals surface area contributed by atoms with Crippen molar-refractivity contribution in [2.45, 2.75) is 24.8 Å². The summed E-state index contributed by atoms with van der Waals surface area (Å²) < 4.78 is 0. The van der Waals surface area contributed by atoms with Gasteiger partial charge in [-0.3, -0.25) is 9.97 Å². The van der Waals surface area contributed by atoms with Gasteiger partial charge in [0.05, 0.1) is 11.7 Å². The van der Waals surface area contributed by atoms with E-state index < -0.39 is 0 Å². The van der Waals surface area contributed by atoms with Crippen molar-refractivity contribution in [3.05, 3.63) is 59.7 Å². The topological polar surface area (TPSA) is 51.8 Å². The van der Waals surface area contributed by atoms with Crippen molar-refractivity contribution in [2.24, 2.45) is 17.6 Å². The van der Waals surface area contributed by atoms with Crippen LogP contribution in [0.25, 0.3) is 0 Å². The maximum Gasteiger partial charge on any atom is 0.0757 e. The lowest BCUT2D eigenvalue weighted by atomic mass is 9.92. The van der Waals surface area contributed by atoms with Crippen molar-refractivity contribution in [3.8, 4) is 0 Å². The van der Waals surface area contributed by atoms with Crippen LogP contribution < -0.4 is 5.73 Å². The molecule has 2 aliphatic carbocycles. The minimum absolute atomic E-state index is 0.0230. The van der Waals surface area contributed by atoms with Crippen molar-refractivity contribution in [1.29, 1.82) is 0 Å². The smallest absolute Gasteiger partial charge is 0.0757 e. The highest BCUT2D eigenvalue weighted by molar-refractivity contribution is 5.40. The first-order valence-electron chi connectivity index (χ1n) is 6.95. The fourth-order valence-corrected chi connectivity index (χ4v) is 3.79. The molecule has 3 nitrogen and oxygen atoms in total. The van der Waals surface area contributed by atoms with E-state index in [1.165, 1.54) is 24.0 Å². The van der Waals surface area contributed by atoms with E-state index in [0.717, 1.165) is 11.6 Å². The van der Waals surface area contributed by atoms with Gasteiger partial charge >= 0.3 is 0 Å².